The number of hydrogen-bond acceptors (Lipinski definition) is 4. The van der Waals surface area contributed by atoms with E-state index < -0.39 is 20.5 Å². The molecule has 0 atom stereocenters. The highest BCUT2D eigenvalue weighted by Crippen LogP contribution is 2.24. The molecule has 0 unspecified atom stereocenters. The molecule has 2 aromatic rings. The predicted octanol–water partition coefficient (Wildman–Crippen LogP) is 2.29. The van der Waals surface area contributed by atoms with Crippen LogP contribution in [0.4, 0.5) is 8.78 Å². The molecule has 0 aliphatic carbocycles. The van der Waals surface area contributed by atoms with E-state index in [1.807, 2.05) is 0 Å². The summed E-state index contributed by atoms with van der Waals surface area (Å²) in [6.45, 7) is 0. The summed E-state index contributed by atoms with van der Waals surface area (Å²) in [7, 11) is -4.51. The Balaban J connectivity index is 2.63. The van der Waals surface area contributed by atoms with Gasteiger partial charge in [-0.2, -0.15) is 8.78 Å². The zero-order chi connectivity index (χ0) is 11.1. The van der Waals surface area contributed by atoms with Gasteiger partial charge in [-0.05, 0) is 18.2 Å². The van der Waals surface area contributed by atoms with E-state index >= 15 is 0 Å². The first-order chi connectivity index (χ1) is 7.01. The van der Waals surface area contributed by atoms with Crippen LogP contribution in [0.15, 0.2) is 28.6 Å². The zero-order valence-electron chi connectivity index (χ0n) is 7.22. The number of hydrogen-bond donors (Lipinski definition) is 0. The van der Waals surface area contributed by atoms with Crippen LogP contribution in [0.5, 0.6) is 0 Å². The molecule has 0 radical (unpaired) electrons. The topological polar surface area (TPSA) is 47.0 Å². The standard InChI is InChI=1S/C8H5F2NO2S2/c9-8(10)15(12,13)5-1-2-7-6(3-5)11-4-14-7/h1-4,8H. The number of fused-ring (bicyclic) bond motifs is 1. The Labute approximate surface area is 88.3 Å². The van der Waals surface area contributed by atoms with E-state index in [4.69, 9.17) is 0 Å². The van der Waals surface area contributed by atoms with Crippen molar-refractivity contribution in [3.63, 3.8) is 0 Å². The minimum Gasteiger partial charge on any atom is -0.245 e. The molecule has 80 valence electrons. The first-order valence-electron chi connectivity index (χ1n) is 3.87. The fourth-order valence-electron chi connectivity index (χ4n) is 1.12. The molecule has 0 aliphatic rings. The number of nitrogens with zero attached hydrogens (tertiary/aromatic N) is 1. The number of rotatable bonds is 2. The van der Waals surface area contributed by atoms with Crippen LogP contribution in [0, 0.1) is 0 Å². The number of aromatic nitrogens is 1. The molecule has 1 heterocycles. The van der Waals surface area contributed by atoms with E-state index in [0.717, 1.165) is 10.8 Å². The van der Waals surface area contributed by atoms with E-state index in [1.54, 1.807) is 0 Å². The Kier molecular flexibility index (Phi) is 2.43. The molecule has 0 fully saturated rings. The van der Waals surface area contributed by atoms with Gasteiger partial charge in [0.25, 0.3) is 0 Å². The van der Waals surface area contributed by atoms with Gasteiger partial charge in [0.15, 0.2) is 0 Å². The Morgan fingerprint density at radius 3 is 2.73 bits per heavy atom. The maximum absolute atomic E-state index is 12.2. The highest BCUT2D eigenvalue weighted by Gasteiger charge is 2.26. The highest BCUT2D eigenvalue weighted by atomic mass is 32.2. The molecule has 1 aromatic heterocycles. The van der Waals surface area contributed by atoms with E-state index in [9.17, 15) is 17.2 Å². The summed E-state index contributed by atoms with van der Waals surface area (Å²) < 4.78 is 47.5. The van der Waals surface area contributed by atoms with Crippen molar-refractivity contribution in [2.45, 2.75) is 10.7 Å². The lowest BCUT2D eigenvalue weighted by atomic mass is 10.3. The van der Waals surface area contributed by atoms with Gasteiger partial charge >= 0.3 is 5.76 Å². The van der Waals surface area contributed by atoms with Gasteiger partial charge in [0.05, 0.1) is 20.6 Å². The van der Waals surface area contributed by atoms with Crippen LogP contribution in [0.2, 0.25) is 0 Å². The number of benzene rings is 1. The van der Waals surface area contributed by atoms with E-state index in [0.29, 0.717) is 5.52 Å². The molecule has 0 spiro atoms. The lowest BCUT2D eigenvalue weighted by Gasteiger charge is -2.01. The fourth-order valence-corrected chi connectivity index (χ4v) is 2.52. The van der Waals surface area contributed by atoms with Crippen LogP contribution in [0.3, 0.4) is 0 Å². The average Bonchev–Trinajstić information content (AvgIpc) is 2.63. The molecule has 0 amide bonds. The van der Waals surface area contributed by atoms with Crippen LogP contribution < -0.4 is 0 Å². The van der Waals surface area contributed by atoms with Crippen LogP contribution in [0.1, 0.15) is 0 Å². The molecule has 0 saturated heterocycles. The van der Waals surface area contributed by atoms with Gasteiger partial charge in [-0.3, -0.25) is 0 Å². The molecular formula is C8H5F2NO2S2. The van der Waals surface area contributed by atoms with Gasteiger partial charge in [0, 0.05) is 0 Å². The first-order valence-corrected chi connectivity index (χ1v) is 6.30. The third-order valence-electron chi connectivity index (χ3n) is 1.86. The second-order valence-corrected chi connectivity index (χ2v) is 5.59. The third kappa shape index (κ3) is 1.72. The van der Waals surface area contributed by atoms with E-state index in [2.05, 4.69) is 4.98 Å². The van der Waals surface area contributed by atoms with Crippen molar-refractivity contribution >= 4 is 31.4 Å². The van der Waals surface area contributed by atoms with Crippen molar-refractivity contribution in [1.29, 1.82) is 0 Å². The van der Waals surface area contributed by atoms with Gasteiger partial charge in [-0.25, -0.2) is 13.4 Å². The Bertz CT molecular complexity index is 591. The van der Waals surface area contributed by atoms with Crippen LogP contribution in [-0.2, 0) is 9.84 Å². The molecular weight excluding hydrogens is 244 g/mol. The summed E-state index contributed by atoms with van der Waals surface area (Å²) in [5.74, 6) is -3.39. The maximum Gasteiger partial charge on any atom is 0.341 e. The van der Waals surface area contributed by atoms with Gasteiger partial charge in [0.1, 0.15) is 0 Å². The van der Waals surface area contributed by atoms with E-state index in [1.165, 1.54) is 29.0 Å². The molecule has 0 N–H and O–H groups in total. The summed E-state index contributed by atoms with van der Waals surface area (Å²) in [6, 6.07) is 3.80. The molecule has 0 saturated carbocycles. The van der Waals surface area contributed by atoms with Crippen molar-refractivity contribution in [3.05, 3.63) is 23.7 Å². The van der Waals surface area contributed by atoms with Crippen LogP contribution in [0.25, 0.3) is 10.2 Å². The summed E-state index contributed by atoms with van der Waals surface area (Å²) in [4.78, 5) is 3.47. The zero-order valence-corrected chi connectivity index (χ0v) is 8.86. The largest absolute Gasteiger partial charge is 0.341 e. The maximum atomic E-state index is 12.2. The second-order valence-electron chi connectivity index (χ2n) is 2.79. The van der Waals surface area contributed by atoms with Crippen LogP contribution in [-0.4, -0.2) is 19.2 Å². The van der Waals surface area contributed by atoms with E-state index in [-0.39, 0.29) is 0 Å². The highest BCUT2D eigenvalue weighted by molar-refractivity contribution is 7.91. The minimum atomic E-state index is -4.51. The first kappa shape index (κ1) is 10.4. The van der Waals surface area contributed by atoms with Crippen molar-refractivity contribution < 1.29 is 17.2 Å². The van der Waals surface area contributed by atoms with Gasteiger partial charge in [-0.15, -0.1) is 11.3 Å². The lowest BCUT2D eigenvalue weighted by Crippen LogP contribution is -2.11. The van der Waals surface area contributed by atoms with Crippen molar-refractivity contribution in [1.82, 2.24) is 4.98 Å². The van der Waals surface area contributed by atoms with Gasteiger partial charge < -0.3 is 0 Å². The SMILES string of the molecule is O=S(=O)(c1ccc2scnc2c1)C(F)F. The Morgan fingerprint density at radius 2 is 2.07 bits per heavy atom. The Morgan fingerprint density at radius 1 is 1.33 bits per heavy atom. The van der Waals surface area contributed by atoms with Crippen molar-refractivity contribution in [3.8, 4) is 0 Å². The third-order valence-corrected chi connectivity index (χ3v) is 4.06. The van der Waals surface area contributed by atoms with Crippen molar-refractivity contribution in [2.24, 2.45) is 0 Å². The molecule has 0 bridgehead atoms. The summed E-state index contributed by atoms with van der Waals surface area (Å²) in [5, 5.41) is 0. The summed E-state index contributed by atoms with van der Waals surface area (Å²) >= 11 is 1.32. The number of thiazole rings is 1. The second kappa shape index (κ2) is 3.49. The van der Waals surface area contributed by atoms with Crippen LogP contribution >= 0.6 is 11.3 Å². The normalized spacial score (nSPS) is 12.5. The van der Waals surface area contributed by atoms with Gasteiger partial charge in [-0.1, -0.05) is 0 Å². The summed E-state index contributed by atoms with van der Waals surface area (Å²) in [6.07, 6.45) is 0. The Hall–Kier alpha value is -1.08. The lowest BCUT2D eigenvalue weighted by molar-refractivity contribution is 0.235. The summed E-state index contributed by atoms with van der Waals surface area (Å²) in [5.41, 5.74) is 1.95. The number of halogens is 2. The quantitative estimate of drug-likeness (QED) is 0.820. The smallest absolute Gasteiger partial charge is 0.245 e. The number of sulfone groups is 1. The molecule has 0 aliphatic heterocycles. The molecule has 2 rings (SSSR count). The monoisotopic (exact) mass is 249 g/mol. The average molecular weight is 249 g/mol. The fraction of sp³-hybridized carbons (Fsp3) is 0.125. The molecule has 15 heavy (non-hydrogen) atoms. The molecule has 1 aromatic carbocycles. The van der Waals surface area contributed by atoms with Gasteiger partial charge in [0.2, 0.25) is 9.84 Å². The number of alkyl halides is 2. The van der Waals surface area contributed by atoms with Crippen molar-refractivity contribution in [2.75, 3.05) is 0 Å². The molecule has 3 nitrogen and oxygen atoms in total. The predicted molar refractivity (Wildman–Crippen MR) is 52.8 cm³/mol. The molecule has 7 heteroatoms. The minimum absolute atomic E-state index is 0.393.